The molecular formula is C2H4ClF2O2P. The number of ether oxygens (including phenoxy) is 1. The van der Waals surface area contributed by atoms with Crippen LogP contribution in [0, 0.1) is 0 Å². The predicted molar refractivity (Wildman–Crippen MR) is 26.5 cm³/mol. The summed E-state index contributed by atoms with van der Waals surface area (Å²) in [5.41, 5.74) is 0. The molecule has 1 unspecified atom stereocenters. The lowest BCUT2D eigenvalue weighted by molar-refractivity contribution is 0.207. The Bertz CT molecular complexity index is 113. The minimum absolute atomic E-state index is 0.962. The van der Waals surface area contributed by atoms with Crippen molar-refractivity contribution in [3.8, 4) is 0 Å². The quantitative estimate of drug-likeness (QED) is 0.462. The van der Waals surface area contributed by atoms with Crippen LogP contribution >= 0.6 is 19.4 Å². The highest BCUT2D eigenvalue weighted by atomic mass is 35.5. The van der Waals surface area contributed by atoms with Gasteiger partial charge >= 0.3 is 7.76 Å². The van der Waals surface area contributed by atoms with Crippen molar-refractivity contribution < 1.29 is 17.7 Å². The monoisotopic (exact) mass is 164 g/mol. The summed E-state index contributed by atoms with van der Waals surface area (Å²) in [6.07, 6.45) is 0. The van der Waals surface area contributed by atoms with Crippen LogP contribution in [0.4, 0.5) is 8.39 Å². The second-order valence-corrected chi connectivity index (χ2v) is 3.20. The molecule has 0 N–H and O–H groups in total. The van der Waals surface area contributed by atoms with Crippen LogP contribution in [-0.4, -0.2) is 12.4 Å². The van der Waals surface area contributed by atoms with Gasteiger partial charge in [-0.1, -0.05) is 11.6 Å². The number of alkyl halides is 1. The third kappa shape index (κ3) is 2.60. The van der Waals surface area contributed by atoms with Gasteiger partial charge < -0.3 is 4.74 Å². The van der Waals surface area contributed by atoms with Gasteiger partial charge in [-0.05, 0) is 0 Å². The maximum absolute atomic E-state index is 11.4. The molecule has 0 saturated heterocycles. The fourth-order valence-corrected chi connectivity index (χ4v) is 0.368. The molecule has 0 amide bonds. The number of hydrogen-bond acceptors (Lipinski definition) is 2. The van der Waals surface area contributed by atoms with Gasteiger partial charge in [-0.15, -0.1) is 8.39 Å². The van der Waals surface area contributed by atoms with Gasteiger partial charge in [0.05, 0.1) is 0 Å². The van der Waals surface area contributed by atoms with Crippen LogP contribution in [0.1, 0.15) is 0 Å². The molecule has 6 heteroatoms. The Labute approximate surface area is 50.4 Å². The zero-order chi connectivity index (χ0) is 6.78. The Morgan fingerprint density at radius 2 is 2.12 bits per heavy atom. The van der Waals surface area contributed by atoms with E-state index >= 15 is 0 Å². The first kappa shape index (κ1) is 8.34. The summed E-state index contributed by atoms with van der Waals surface area (Å²) in [5.74, 6) is 0. The molecule has 0 aliphatic carbocycles. The molecule has 1 atom stereocenters. The van der Waals surface area contributed by atoms with E-state index in [-0.39, 0.29) is 0 Å². The zero-order valence-corrected chi connectivity index (χ0v) is 5.63. The van der Waals surface area contributed by atoms with Gasteiger partial charge in [0, 0.05) is 7.11 Å². The van der Waals surface area contributed by atoms with Crippen molar-refractivity contribution in [2.45, 2.75) is 5.30 Å². The predicted octanol–water partition coefficient (Wildman–Crippen LogP) is 2.29. The first-order valence-electron chi connectivity index (χ1n) is 1.64. The standard InChI is InChI=1S/C2H4ClF2O2P/c1-7-2(3)8(4,5)6/h2H,1H3. The largest absolute Gasteiger partial charge is 0.446 e. The fraction of sp³-hybridized carbons (Fsp3) is 1.00. The van der Waals surface area contributed by atoms with Gasteiger partial charge in [0.1, 0.15) is 0 Å². The molecule has 0 bridgehead atoms. The molecule has 0 heterocycles. The van der Waals surface area contributed by atoms with Gasteiger partial charge in [-0.3, -0.25) is 0 Å². The lowest BCUT2D eigenvalue weighted by Gasteiger charge is -2.02. The van der Waals surface area contributed by atoms with Crippen molar-refractivity contribution in [3.05, 3.63) is 0 Å². The number of rotatable bonds is 2. The summed E-state index contributed by atoms with van der Waals surface area (Å²) in [4.78, 5) is 0. The molecule has 50 valence electrons. The maximum Gasteiger partial charge on any atom is 0.446 e. The van der Waals surface area contributed by atoms with Gasteiger partial charge in [-0.25, -0.2) is 4.57 Å². The van der Waals surface area contributed by atoms with Gasteiger partial charge in [-0.2, -0.15) is 0 Å². The number of hydrogen-bond donors (Lipinski definition) is 0. The lowest BCUT2D eigenvalue weighted by Crippen LogP contribution is -1.94. The van der Waals surface area contributed by atoms with Crippen LogP contribution in [0.3, 0.4) is 0 Å². The summed E-state index contributed by atoms with van der Waals surface area (Å²) < 4.78 is 36.3. The SMILES string of the molecule is COC(Cl)P(=O)(F)F. The fourth-order valence-electron chi connectivity index (χ4n) is 0.123. The van der Waals surface area contributed by atoms with Gasteiger partial charge in [0.15, 0.2) is 0 Å². The average molecular weight is 164 g/mol. The Balaban J connectivity index is 3.82. The molecule has 8 heavy (non-hydrogen) atoms. The van der Waals surface area contributed by atoms with Crippen molar-refractivity contribution >= 4 is 19.4 Å². The smallest absolute Gasteiger partial charge is 0.354 e. The van der Waals surface area contributed by atoms with Crippen molar-refractivity contribution in [2.24, 2.45) is 0 Å². The third-order valence-electron chi connectivity index (χ3n) is 0.431. The molecule has 0 aromatic carbocycles. The second kappa shape index (κ2) is 2.76. The lowest BCUT2D eigenvalue weighted by atomic mass is 11.5. The molecule has 0 saturated carbocycles. The highest BCUT2D eigenvalue weighted by Crippen LogP contribution is 2.55. The third-order valence-corrected chi connectivity index (χ3v) is 1.97. The molecular weight excluding hydrogens is 160 g/mol. The average Bonchev–Trinajstić information content (AvgIpc) is 1.62. The van der Waals surface area contributed by atoms with Gasteiger partial charge in [0.25, 0.3) is 0 Å². The summed E-state index contributed by atoms with van der Waals surface area (Å²) in [6.45, 7) is 0. The van der Waals surface area contributed by atoms with E-state index in [1.54, 1.807) is 0 Å². The van der Waals surface area contributed by atoms with Crippen molar-refractivity contribution in [3.63, 3.8) is 0 Å². The molecule has 0 aliphatic heterocycles. The van der Waals surface area contributed by atoms with E-state index in [1.165, 1.54) is 0 Å². The Kier molecular flexibility index (Phi) is 2.88. The Morgan fingerprint density at radius 1 is 1.75 bits per heavy atom. The summed E-state index contributed by atoms with van der Waals surface area (Å²) >= 11 is 4.71. The van der Waals surface area contributed by atoms with Gasteiger partial charge in [0.2, 0.25) is 5.30 Å². The van der Waals surface area contributed by atoms with Crippen LogP contribution in [-0.2, 0) is 9.30 Å². The van der Waals surface area contributed by atoms with Crippen LogP contribution in [0.2, 0.25) is 0 Å². The Hall–Kier alpha value is 0.340. The molecule has 0 aromatic heterocycles. The molecule has 0 fully saturated rings. The number of methoxy groups -OCH3 is 1. The molecule has 0 aliphatic rings. The highest BCUT2D eigenvalue weighted by molar-refractivity contribution is 7.55. The topological polar surface area (TPSA) is 26.3 Å². The molecule has 0 radical (unpaired) electrons. The molecule has 2 nitrogen and oxygen atoms in total. The van der Waals surface area contributed by atoms with Crippen molar-refractivity contribution in [1.82, 2.24) is 0 Å². The molecule has 0 rings (SSSR count). The van der Waals surface area contributed by atoms with E-state index < -0.39 is 13.1 Å². The van der Waals surface area contributed by atoms with E-state index in [0.717, 1.165) is 7.11 Å². The highest BCUT2D eigenvalue weighted by Gasteiger charge is 2.30. The van der Waals surface area contributed by atoms with E-state index in [4.69, 9.17) is 11.6 Å². The maximum atomic E-state index is 11.4. The van der Waals surface area contributed by atoms with Crippen LogP contribution in [0.25, 0.3) is 0 Å². The normalized spacial score (nSPS) is 16.0. The minimum atomic E-state index is -5.21. The first-order valence-corrected chi connectivity index (χ1v) is 3.64. The number of halogens is 3. The van der Waals surface area contributed by atoms with E-state index in [1.807, 2.05) is 0 Å². The van der Waals surface area contributed by atoms with Crippen LogP contribution in [0.15, 0.2) is 0 Å². The Morgan fingerprint density at radius 3 is 2.12 bits per heavy atom. The van der Waals surface area contributed by atoms with Crippen molar-refractivity contribution in [2.75, 3.05) is 7.11 Å². The van der Waals surface area contributed by atoms with Crippen LogP contribution < -0.4 is 0 Å². The minimum Gasteiger partial charge on any atom is -0.354 e. The first-order chi connectivity index (χ1) is 3.48. The summed E-state index contributed by atoms with van der Waals surface area (Å²) in [6, 6.07) is 0. The molecule has 0 spiro atoms. The second-order valence-electron chi connectivity index (χ2n) is 1.03. The molecule has 0 aromatic rings. The zero-order valence-electron chi connectivity index (χ0n) is 3.97. The van der Waals surface area contributed by atoms with E-state index in [9.17, 15) is 13.0 Å². The van der Waals surface area contributed by atoms with E-state index in [0.29, 0.717) is 0 Å². The summed E-state index contributed by atoms with van der Waals surface area (Å²) in [7, 11) is -4.25. The summed E-state index contributed by atoms with van der Waals surface area (Å²) in [5, 5.41) is -1.96. The van der Waals surface area contributed by atoms with Crippen LogP contribution in [0.5, 0.6) is 0 Å². The van der Waals surface area contributed by atoms with E-state index in [2.05, 4.69) is 4.74 Å². The van der Waals surface area contributed by atoms with Crippen molar-refractivity contribution in [1.29, 1.82) is 0 Å².